The summed E-state index contributed by atoms with van der Waals surface area (Å²) in [5, 5.41) is 21.0. The second-order valence-electron chi connectivity index (χ2n) is 4.80. The number of aliphatic hydroxyl groups is 1. The highest BCUT2D eigenvalue weighted by Crippen LogP contribution is 2.40. The summed E-state index contributed by atoms with van der Waals surface area (Å²) in [4.78, 5) is 10.2. The first-order valence-electron chi connectivity index (χ1n) is 5.79. The maximum absolute atomic E-state index is 10.7. The highest BCUT2D eigenvalue weighted by atomic mass is 16.6. The Morgan fingerprint density at radius 1 is 1.63 bits per heavy atom. The van der Waals surface area contributed by atoms with Gasteiger partial charge >= 0.3 is 0 Å². The van der Waals surface area contributed by atoms with Gasteiger partial charge in [0.15, 0.2) is 5.60 Å². The topological polar surface area (TPSA) is 108 Å². The summed E-state index contributed by atoms with van der Waals surface area (Å²) in [6, 6.07) is 3.41. The predicted molar refractivity (Wildman–Crippen MR) is 66.9 cm³/mol. The van der Waals surface area contributed by atoms with Gasteiger partial charge in [0.2, 0.25) is 0 Å². The van der Waals surface area contributed by atoms with Gasteiger partial charge in [-0.1, -0.05) is 0 Å². The van der Waals surface area contributed by atoms with Gasteiger partial charge in [0, 0.05) is 24.8 Å². The van der Waals surface area contributed by atoms with Crippen LogP contribution >= 0.6 is 0 Å². The van der Waals surface area contributed by atoms with Crippen molar-refractivity contribution in [1.29, 1.82) is 0 Å². The number of rotatable bonds is 3. The number of methoxy groups -OCH3 is 1. The van der Waals surface area contributed by atoms with E-state index in [2.05, 4.69) is 0 Å². The fraction of sp³-hybridized carbons (Fsp3) is 0.500. The molecule has 1 aromatic carbocycles. The van der Waals surface area contributed by atoms with Crippen molar-refractivity contribution in [1.82, 2.24) is 0 Å². The van der Waals surface area contributed by atoms with Crippen LogP contribution in [-0.2, 0) is 4.74 Å². The van der Waals surface area contributed by atoms with Gasteiger partial charge < -0.3 is 20.3 Å². The van der Waals surface area contributed by atoms with Gasteiger partial charge in [-0.3, -0.25) is 10.1 Å². The molecule has 0 aromatic heterocycles. The normalized spacial score (nSPS) is 29.5. The summed E-state index contributed by atoms with van der Waals surface area (Å²) < 4.78 is 10.7. The van der Waals surface area contributed by atoms with E-state index in [1.54, 1.807) is 6.92 Å². The zero-order valence-corrected chi connectivity index (χ0v) is 10.7. The first-order chi connectivity index (χ1) is 8.89. The summed E-state index contributed by atoms with van der Waals surface area (Å²) in [7, 11) is 1.50. The van der Waals surface area contributed by atoms with Crippen molar-refractivity contribution in [3.05, 3.63) is 33.9 Å². The number of fused-ring (bicyclic) bond motifs is 1. The van der Waals surface area contributed by atoms with E-state index in [9.17, 15) is 15.2 Å². The molecule has 0 aliphatic carbocycles. The van der Waals surface area contributed by atoms with Crippen molar-refractivity contribution in [2.75, 3.05) is 13.7 Å². The minimum Gasteiger partial charge on any atom is -0.482 e. The van der Waals surface area contributed by atoms with Crippen LogP contribution in [0.4, 0.5) is 5.69 Å². The second-order valence-corrected chi connectivity index (χ2v) is 4.80. The van der Waals surface area contributed by atoms with E-state index in [-0.39, 0.29) is 12.3 Å². The zero-order valence-electron chi connectivity index (χ0n) is 10.7. The molecular formula is C12H16N2O5. The van der Waals surface area contributed by atoms with Crippen molar-refractivity contribution in [3.63, 3.8) is 0 Å². The Morgan fingerprint density at radius 2 is 2.32 bits per heavy atom. The van der Waals surface area contributed by atoms with E-state index in [0.29, 0.717) is 11.3 Å². The molecule has 19 heavy (non-hydrogen) atoms. The number of non-ortho nitro benzene ring substituents is 1. The molecule has 0 unspecified atom stereocenters. The summed E-state index contributed by atoms with van der Waals surface area (Å²) in [5.41, 5.74) is 5.32. The summed E-state index contributed by atoms with van der Waals surface area (Å²) in [6.07, 6.45) is -1.01. The minimum absolute atomic E-state index is 0.0830. The summed E-state index contributed by atoms with van der Waals surface area (Å²) in [6.45, 7) is 1.85. The van der Waals surface area contributed by atoms with Crippen LogP contribution in [0.2, 0.25) is 0 Å². The van der Waals surface area contributed by atoms with Crippen LogP contribution in [0.5, 0.6) is 5.75 Å². The fourth-order valence-electron chi connectivity index (χ4n) is 2.27. The van der Waals surface area contributed by atoms with Crippen LogP contribution in [0.25, 0.3) is 0 Å². The average molecular weight is 268 g/mol. The molecule has 0 fully saturated rings. The molecule has 3 N–H and O–H groups in total. The highest BCUT2D eigenvalue weighted by molar-refractivity contribution is 5.47. The van der Waals surface area contributed by atoms with E-state index in [1.807, 2.05) is 0 Å². The van der Waals surface area contributed by atoms with E-state index < -0.39 is 22.7 Å². The maximum Gasteiger partial charge on any atom is 0.270 e. The Kier molecular flexibility index (Phi) is 3.44. The first kappa shape index (κ1) is 13.7. The molecule has 0 saturated carbocycles. The predicted octanol–water partition coefficient (Wildman–Crippen LogP) is 0.753. The smallest absolute Gasteiger partial charge is 0.270 e. The number of hydrogen-bond donors (Lipinski definition) is 2. The SMILES string of the molecule is COC[C@@]1(C)Oc2ccc([N+](=O)[O-])cc2[C@@H](N)[C@@H]1O. The van der Waals surface area contributed by atoms with E-state index in [4.69, 9.17) is 15.2 Å². The molecule has 0 spiro atoms. The van der Waals surface area contributed by atoms with Crippen molar-refractivity contribution >= 4 is 5.69 Å². The third-order valence-corrected chi connectivity index (χ3v) is 3.30. The minimum atomic E-state index is -1.01. The van der Waals surface area contributed by atoms with E-state index in [1.165, 1.54) is 25.3 Å². The molecule has 0 bridgehead atoms. The number of aliphatic hydroxyl groups excluding tert-OH is 1. The van der Waals surface area contributed by atoms with Gasteiger partial charge in [-0.25, -0.2) is 0 Å². The summed E-state index contributed by atoms with van der Waals surface area (Å²) in [5.74, 6) is 0.433. The lowest BCUT2D eigenvalue weighted by Gasteiger charge is -2.42. The molecule has 1 aromatic rings. The molecule has 0 amide bonds. The quantitative estimate of drug-likeness (QED) is 0.618. The van der Waals surface area contributed by atoms with Crippen LogP contribution in [0.15, 0.2) is 18.2 Å². The lowest BCUT2D eigenvalue weighted by atomic mass is 9.86. The Balaban J connectivity index is 2.44. The fourth-order valence-corrected chi connectivity index (χ4v) is 2.27. The lowest BCUT2D eigenvalue weighted by Crippen LogP contribution is -2.56. The molecule has 7 heteroatoms. The van der Waals surface area contributed by atoms with Gasteiger partial charge in [-0.05, 0) is 13.0 Å². The molecular weight excluding hydrogens is 252 g/mol. The lowest BCUT2D eigenvalue weighted by molar-refractivity contribution is -0.385. The van der Waals surface area contributed by atoms with Crippen LogP contribution in [0, 0.1) is 10.1 Å². The Labute approximate surface area is 110 Å². The Hall–Kier alpha value is -1.70. The monoisotopic (exact) mass is 268 g/mol. The molecule has 1 heterocycles. The number of nitro groups is 1. The van der Waals surface area contributed by atoms with Crippen molar-refractivity contribution < 1.29 is 19.5 Å². The molecule has 104 valence electrons. The van der Waals surface area contributed by atoms with Crippen molar-refractivity contribution in [2.45, 2.75) is 24.7 Å². The van der Waals surface area contributed by atoms with E-state index in [0.717, 1.165) is 0 Å². The molecule has 2 rings (SSSR count). The van der Waals surface area contributed by atoms with Crippen LogP contribution in [-0.4, -0.2) is 35.5 Å². The van der Waals surface area contributed by atoms with Gasteiger partial charge in [-0.2, -0.15) is 0 Å². The molecule has 0 saturated heterocycles. The molecule has 7 nitrogen and oxygen atoms in total. The van der Waals surface area contributed by atoms with Crippen molar-refractivity contribution in [2.24, 2.45) is 5.73 Å². The summed E-state index contributed by atoms with van der Waals surface area (Å²) >= 11 is 0. The number of hydrogen-bond acceptors (Lipinski definition) is 6. The number of nitrogens with two attached hydrogens (primary N) is 1. The number of nitro benzene ring substituents is 1. The Morgan fingerprint density at radius 3 is 2.89 bits per heavy atom. The number of nitrogens with zero attached hydrogens (tertiary/aromatic N) is 1. The molecule has 1 aliphatic heterocycles. The second kappa shape index (κ2) is 4.76. The Bertz CT molecular complexity index is 507. The number of benzene rings is 1. The van der Waals surface area contributed by atoms with E-state index >= 15 is 0 Å². The van der Waals surface area contributed by atoms with Gasteiger partial charge in [-0.15, -0.1) is 0 Å². The molecule has 1 aliphatic rings. The van der Waals surface area contributed by atoms with Crippen LogP contribution in [0.1, 0.15) is 18.5 Å². The first-order valence-corrected chi connectivity index (χ1v) is 5.79. The molecule has 0 radical (unpaired) electrons. The van der Waals surface area contributed by atoms with Gasteiger partial charge in [0.05, 0.1) is 17.6 Å². The van der Waals surface area contributed by atoms with Crippen LogP contribution in [0.3, 0.4) is 0 Å². The highest BCUT2D eigenvalue weighted by Gasteiger charge is 2.45. The third-order valence-electron chi connectivity index (χ3n) is 3.30. The molecule has 3 atom stereocenters. The third kappa shape index (κ3) is 2.27. The van der Waals surface area contributed by atoms with Crippen LogP contribution < -0.4 is 10.5 Å². The van der Waals surface area contributed by atoms with Gasteiger partial charge in [0.25, 0.3) is 5.69 Å². The number of ether oxygens (including phenoxy) is 2. The standard InChI is InChI=1S/C12H16N2O5/c1-12(6-18-2)11(15)10(13)8-5-7(14(16)17)3-4-9(8)19-12/h3-5,10-11,15H,6,13H2,1-2H3/t10-,11+,12-/m1/s1. The van der Waals surface area contributed by atoms with Crippen molar-refractivity contribution in [3.8, 4) is 5.75 Å². The average Bonchev–Trinajstić information content (AvgIpc) is 2.36. The largest absolute Gasteiger partial charge is 0.482 e. The maximum atomic E-state index is 10.7. The van der Waals surface area contributed by atoms with Gasteiger partial charge in [0.1, 0.15) is 11.9 Å². The zero-order chi connectivity index (χ0) is 14.2.